The van der Waals surface area contributed by atoms with Crippen molar-refractivity contribution in [1.29, 1.82) is 0 Å². The van der Waals surface area contributed by atoms with E-state index >= 15 is 0 Å². The Bertz CT molecular complexity index is 548. The van der Waals surface area contributed by atoms with E-state index in [1.54, 1.807) is 0 Å². The van der Waals surface area contributed by atoms with Gasteiger partial charge in [-0.3, -0.25) is 4.90 Å². The number of nitrogens with one attached hydrogen (secondary N) is 1. The minimum Gasteiger partial charge on any atom is -0.315 e. The molecule has 0 atom stereocenters. The lowest BCUT2D eigenvalue weighted by atomic mass is 10.2. The average Bonchev–Trinajstić information content (AvgIpc) is 2.73. The molecule has 0 aliphatic rings. The third-order valence-electron chi connectivity index (χ3n) is 3.23. The molecule has 2 aromatic rings. The Balaban J connectivity index is 1.97. The lowest BCUT2D eigenvalue weighted by Crippen LogP contribution is -2.17. The normalized spacial score (nSPS) is 11.2. The van der Waals surface area contributed by atoms with Crippen molar-refractivity contribution < 1.29 is 0 Å². The van der Waals surface area contributed by atoms with Gasteiger partial charge in [-0.2, -0.15) is 0 Å². The van der Waals surface area contributed by atoms with Crippen LogP contribution in [0.25, 0.3) is 0 Å². The van der Waals surface area contributed by atoms with Gasteiger partial charge in [-0.1, -0.05) is 23.7 Å². The highest BCUT2D eigenvalue weighted by Crippen LogP contribution is 2.23. The second kappa shape index (κ2) is 7.23. The van der Waals surface area contributed by atoms with Crippen molar-refractivity contribution in [1.82, 2.24) is 10.2 Å². The molecule has 1 aromatic heterocycles. The number of rotatable bonds is 6. The summed E-state index contributed by atoms with van der Waals surface area (Å²) in [6, 6.07) is 10.4. The second-order valence-electron chi connectivity index (χ2n) is 5.12. The number of hydrogen-bond acceptors (Lipinski definition) is 3. The summed E-state index contributed by atoms with van der Waals surface area (Å²) in [6.07, 6.45) is 0. The Morgan fingerprint density at radius 2 is 1.90 bits per heavy atom. The van der Waals surface area contributed by atoms with Gasteiger partial charge >= 0.3 is 0 Å². The highest BCUT2D eigenvalue weighted by atomic mass is 35.5. The molecule has 1 N–H and O–H groups in total. The minimum atomic E-state index is 0.793. The Morgan fingerprint density at radius 1 is 1.20 bits per heavy atom. The molecule has 20 heavy (non-hydrogen) atoms. The number of benzene rings is 1. The Hall–Kier alpha value is -0.870. The van der Waals surface area contributed by atoms with E-state index in [-0.39, 0.29) is 0 Å². The van der Waals surface area contributed by atoms with Crippen LogP contribution in [0, 0.1) is 6.92 Å². The van der Waals surface area contributed by atoms with Gasteiger partial charge in [-0.15, -0.1) is 11.3 Å². The fourth-order valence-electron chi connectivity index (χ4n) is 2.25. The molecular formula is C16H21ClN2S. The molecular weight excluding hydrogens is 288 g/mol. The first-order chi connectivity index (χ1) is 9.58. The van der Waals surface area contributed by atoms with Crippen LogP contribution >= 0.6 is 22.9 Å². The Labute approximate surface area is 130 Å². The molecule has 0 aliphatic heterocycles. The highest BCUT2D eigenvalue weighted by Gasteiger charge is 2.08. The van der Waals surface area contributed by atoms with E-state index < -0.39 is 0 Å². The molecule has 0 unspecified atom stereocenters. The van der Waals surface area contributed by atoms with E-state index in [9.17, 15) is 0 Å². The van der Waals surface area contributed by atoms with E-state index in [0.717, 1.165) is 24.7 Å². The van der Waals surface area contributed by atoms with Gasteiger partial charge in [0.05, 0.1) is 0 Å². The summed E-state index contributed by atoms with van der Waals surface area (Å²) in [5.74, 6) is 0. The summed E-state index contributed by atoms with van der Waals surface area (Å²) < 4.78 is 0. The van der Waals surface area contributed by atoms with Crippen LogP contribution in [0.15, 0.2) is 30.3 Å². The highest BCUT2D eigenvalue weighted by molar-refractivity contribution is 7.12. The fraction of sp³-hybridized carbons (Fsp3) is 0.375. The van der Waals surface area contributed by atoms with Crippen molar-refractivity contribution in [3.63, 3.8) is 0 Å². The second-order valence-corrected chi connectivity index (χ2v) is 6.90. The summed E-state index contributed by atoms with van der Waals surface area (Å²) in [6.45, 7) is 5.07. The van der Waals surface area contributed by atoms with Crippen LogP contribution in [0.4, 0.5) is 0 Å². The number of thiophene rings is 1. The monoisotopic (exact) mass is 308 g/mol. The van der Waals surface area contributed by atoms with Gasteiger partial charge in [0, 0.05) is 34.4 Å². The number of aryl methyl sites for hydroxylation is 1. The van der Waals surface area contributed by atoms with Crippen molar-refractivity contribution in [2.24, 2.45) is 0 Å². The molecule has 0 saturated carbocycles. The van der Waals surface area contributed by atoms with Gasteiger partial charge in [0.2, 0.25) is 0 Å². The smallest absolute Gasteiger partial charge is 0.0406 e. The summed E-state index contributed by atoms with van der Waals surface area (Å²) in [5.41, 5.74) is 2.72. The largest absolute Gasteiger partial charge is 0.315 e. The molecule has 0 amide bonds. The lowest BCUT2D eigenvalue weighted by molar-refractivity contribution is 0.319. The van der Waals surface area contributed by atoms with Gasteiger partial charge in [-0.05, 0) is 50.3 Å². The maximum absolute atomic E-state index is 5.91. The van der Waals surface area contributed by atoms with E-state index in [4.69, 9.17) is 11.6 Å². The van der Waals surface area contributed by atoms with Gasteiger partial charge in [-0.25, -0.2) is 0 Å². The molecule has 2 rings (SSSR count). The summed E-state index contributed by atoms with van der Waals surface area (Å²) in [5, 5.41) is 4.00. The molecule has 108 valence electrons. The van der Waals surface area contributed by atoms with Crippen molar-refractivity contribution in [3.05, 3.63) is 56.2 Å². The first-order valence-corrected chi connectivity index (χ1v) is 7.93. The van der Waals surface area contributed by atoms with Crippen molar-refractivity contribution in [3.8, 4) is 0 Å². The molecule has 0 fully saturated rings. The molecule has 4 heteroatoms. The maximum Gasteiger partial charge on any atom is 0.0406 e. The molecule has 2 nitrogen and oxygen atoms in total. The van der Waals surface area contributed by atoms with E-state index in [1.165, 1.54) is 20.9 Å². The summed E-state index contributed by atoms with van der Waals surface area (Å²) in [4.78, 5) is 5.15. The zero-order chi connectivity index (χ0) is 14.5. The van der Waals surface area contributed by atoms with E-state index in [1.807, 2.05) is 30.5 Å². The molecule has 1 heterocycles. The van der Waals surface area contributed by atoms with Gasteiger partial charge in [0.15, 0.2) is 0 Å². The zero-order valence-corrected chi connectivity index (χ0v) is 13.8. The van der Waals surface area contributed by atoms with Crippen LogP contribution in [-0.2, 0) is 19.6 Å². The molecule has 0 radical (unpaired) electrons. The predicted octanol–water partition coefficient (Wildman–Crippen LogP) is 4.06. The first kappa shape index (κ1) is 15.5. The third-order valence-corrected chi connectivity index (χ3v) is 4.57. The van der Waals surface area contributed by atoms with Crippen LogP contribution in [0.2, 0.25) is 5.02 Å². The van der Waals surface area contributed by atoms with Crippen molar-refractivity contribution in [2.75, 3.05) is 14.1 Å². The van der Waals surface area contributed by atoms with Crippen LogP contribution in [-0.4, -0.2) is 19.0 Å². The SMILES string of the molecule is CNCc1cc(CN(C)Cc2ccc(Cl)cc2)c(C)s1. The Morgan fingerprint density at radius 3 is 2.55 bits per heavy atom. The standard InChI is InChI=1S/C16H21ClN2S/c1-12-14(8-16(20-12)9-18-2)11-19(3)10-13-4-6-15(17)7-5-13/h4-8,18H,9-11H2,1-3H3. The molecule has 0 aliphatic carbocycles. The quantitative estimate of drug-likeness (QED) is 0.865. The first-order valence-electron chi connectivity index (χ1n) is 6.74. The van der Waals surface area contributed by atoms with Gasteiger partial charge in [0.1, 0.15) is 0 Å². The van der Waals surface area contributed by atoms with Crippen molar-refractivity contribution in [2.45, 2.75) is 26.6 Å². The average molecular weight is 309 g/mol. The van der Waals surface area contributed by atoms with Crippen LogP contribution < -0.4 is 5.32 Å². The van der Waals surface area contributed by atoms with Gasteiger partial charge < -0.3 is 5.32 Å². The van der Waals surface area contributed by atoms with Crippen LogP contribution in [0.1, 0.15) is 20.9 Å². The van der Waals surface area contributed by atoms with Crippen LogP contribution in [0.3, 0.4) is 0 Å². The zero-order valence-electron chi connectivity index (χ0n) is 12.2. The van der Waals surface area contributed by atoms with Gasteiger partial charge in [0.25, 0.3) is 0 Å². The predicted molar refractivity (Wildman–Crippen MR) is 88.4 cm³/mol. The number of hydrogen-bond donors (Lipinski definition) is 1. The Kier molecular flexibility index (Phi) is 5.61. The fourth-order valence-corrected chi connectivity index (χ4v) is 3.45. The minimum absolute atomic E-state index is 0.793. The van der Waals surface area contributed by atoms with Crippen LogP contribution in [0.5, 0.6) is 0 Å². The molecule has 0 saturated heterocycles. The third kappa shape index (κ3) is 4.32. The topological polar surface area (TPSA) is 15.3 Å². The number of nitrogens with zero attached hydrogens (tertiary/aromatic N) is 1. The molecule has 0 spiro atoms. The molecule has 1 aromatic carbocycles. The lowest BCUT2D eigenvalue weighted by Gasteiger charge is -2.16. The number of halogens is 1. The molecule has 0 bridgehead atoms. The maximum atomic E-state index is 5.91. The van der Waals surface area contributed by atoms with Crippen molar-refractivity contribution >= 4 is 22.9 Å². The van der Waals surface area contributed by atoms with E-state index in [2.05, 4.69) is 42.4 Å². The summed E-state index contributed by atoms with van der Waals surface area (Å²) in [7, 11) is 4.14. The summed E-state index contributed by atoms with van der Waals surface area (Å²) >= 11 is 7.80. The van der Waals surface area contributed by atoms with E-state index in [0.29, 0.717) is 0 Å².